The number of rotatable bonds is 1. The molecular formula is C5H6BrNOS. The summed E-state index contributed by atoms with van der Waals surface area (Å²) in [7, 11) is 0. The number of hydrogen-bond acceptors (Lipinski definition) is 2. The summed E-state index contributed by atoms with van der Waals surface area (Å²) in [6, 6.07) is 1.58. The van der Waals surface area contributed by atoms with Crippen molar-refractivity contribution < 1.29 is 0 Å². The van der Waals surface area contributed by atoms with Crippen molar-refractivity contribution in [1.82, 2.24) is 3.96 Å². The van der Waals surface area contributed by atoms with E-state index in [1.54, 1.807) is 10.0 Å². The Morgan fingerprint density at radius 3 is 2.78 bits per heavy atom. The first-order chi connectivity index (χ1) is 4.24. The molecule has 0 unspecified atom stereocenters. The number of nitrogens with zero attached hydrogens (tertiary/aromatic N) is 1. The third kappa shape index (κ3) is 1.43. The minimum atomic E-state index is 0.0781. The lowest BCUT2D eigenvalue weighted by molar-refractivity contribution is 0.810. The fraction of sp³-hybridized carbons (Fsp3) is 0.400. The van der Waals surface area contributed by atoms with Crippen molar-refractivity contribution in [2.24, 2.45) is 0 Å². The van der Waals surface area contributed by atoms with Crippen LogP contribution in [0.15, 0.2) is 14.6 Å². The van der Waals surface area contributed by atoms with Crippen LogP contribution in [0.3, 0.4) is 0 Å². The molecule has 4 heteroatoms. The molecule has 0 fully saturated rings. The maximum absolute atomic E-state index is 10.8. The molecule has 0 saturated heterocycles. The van der Waals surface area contributed by atoms with Gasteiger partial charge in [-0.15, -0.1) is 0 Å². The number of aryl methyl sites for hydroxylation is 1. The Bertz CT molecular complexity index is 252. The Morgan fingerprint density at radius 1 is 1.89 bits per heavy atom. The zero-order chi connectivity index (χ0) is 6.85. The maximum atomic E-state index is 10.8. The summed E-state index contributed by atoms with van der Waals surface area (Å²) in [5, 5.41) is 0. The molecule has 0 N–H and O–H groups in total. The minimum Gasteiger partial charge on any atom is -0.268 e. The average molecular weight is 208 g/mol. The first-order valence-electron chi connectivity index (χ1n) is 2.60. The second-order valence-electron chi connectivity index (χ2n) is 1.57. The molecule has 0 aromatic carbocycles. The fourth-order valence-electron chi connectivity index (χ4n) is 0.566. The SMILES string of the molecule is CCn1sc(Br)cc1=O. The molecule has 0 amide bonds. The van der Waals surface area contributed by atoms with Crippen LogP contribution in [-0.4, -0.2) is 3.96 Å². The van der Waals surface area contributed by atoms with Gasteiger partial charge in [0.25, 0.3) is 5.56 Å². The van der Waals surface area contributed by atoms with E-state index in [1.807, 2.05) is 6.92 Å². The van der Waals surface area contributed by atoms with E-state index < -0.39 is 0 Å². The normalized spacial score (nSPS) is 10.0. The number of halogens is 1. The highest BCUT2D eigenvalue weighted by atomic mass is 79.9. The maximum Gasteiger partial charge on any atom is 0.261 e. The smallest absolute Gasteiger partial charge is 0.261 e. The molecule has 0 aliphatic rings. The largest absolute Gasteiger partial charge is 0.268 e. The average Bonchev–Trinajstić information content (AvgIpc) is 2.10. The summed E-state index contributed by atoms with van der Waals surface area (Å²) >= 11 is 4.66. The zero-order valence-electron chi connectivity index (χ0n) is 4.93. The van der Waals surface area contributed by atoms with E-state index in [2.05, 4.69) is 15.9 Å². The second kappa shape index (κ2) is 2.66. The summed E-state index contributed by atoms with van der Waals surface area (Å²) in [5.74, 6) is 0. The van der Waals surface area contributed by atoms with Crippen LogP contribution in [-0.2, 0) is 6.54 Å². The lowest BCUT2D eigenvalue weighted by Gasteiger charge is -1.87. The molecule has 1 aromatic heterocycles. The zero-order valence-corrected chi connectivity index (χ0v) is 7.33. The summed E-state index contributed by atoms with van der Waals surface area (Å²) in [4.78, 5) is 10.8. The molecule has 0 radical (unpaired) electrons. The van der Waals surface area contributed by atoms with Crippen molar-refractivity contribution in [2.75, 3.05) is 0 Å². The summed E-state index contributed by atoms with van der Waals surface area (Å²) in [5.41, 5.74) is 0.0781. The van der Waals surface area contributed by atoms with Crippen LogP contribution in [0.2, 0.25) is 0 Å². The van der Waals surface area contributed by atoms with E-state index in [-0.39, 0.29) is 5.56 Å². The van der Waals surface area contributed by atoms with E-state index in [9.17, 15) is 4.79 Å². The van der Waals surface area contributed by atoms with Crippen molar-refractivity contribution >= 4 is 27.5 Å². The van der Waals surface area contributed by atoms with Crippen LogP contribution in [0.1, 0.15) is 6.92 Å². The lowest BCUT2D eigenvalue weighted by Crippen LogP contribution is -2.09. The minimum absolute atomic E-state index is 0.0781. The Morgan fingerprint density at radius 2 is 2.56 bits per heavy atom. The molecule has 1 rings (SSSR count). The lowest BCUT2D eigenvalue weighted by atomic mass is 10.7. The molecule has 50 valence electrons. The van der Waals surface area contributed by atoms with Crippen molar-refractivity contribution in [3.05, 3.63) is 20.2 Å². The third-order valence-electron chi connectivity index (χ3n) is 0.967. The van der Waals surface area contributed by atoms with Crippen LogP contribution in [0.4, 0.5) is 0 Å². The van der Waals surface area contributed by atoms with Gasteiger partial charge in [-0.25, -0.2) is 0 Å². The molecule has 0 bridgehead atoms. The summed E-state index contributed by atoms with van der Waals surface area (Å²) < 4.78 is 2.58. The topological polar surface area (TPSA) is 22.0 Å². The van der Waals surface area contributed by atoms with E-state index >= 15 is 0 Å². The number of hydrogen-bond donors (Lipinski definition) is 0. The van der Waals surface area contributed by atoms with E-state index in [0.29, 0.717) is 0 Å². The molecule has 1 heterocycles. The first-order valence-corrected chi connectivity index (χ1v) is 4.17. The van der Waals surface area contributed by atoms with Gasteiger partial charge in [0.1, 0.15) is 0 Å². The monoisotopic (exact) mass is 207 g/mol. The van der Waals surface area contributed by atoms with Gasteiger partial charge >= 0.3 is 0 Å². The molecule has 0 spiro atoms. The van der Waals surface area contributed by atoms with Gasteiger partial charge in [-0.2, -0.15) is 0 Å². The van der Waals surface area contributed by atoms with E-state index in [0.717, 1.165) is 10.3 Å². The van der Waals surface area contributed by atoms with Gasteiger partial charge in [0.05, 0.1) is 3.79 Å². The van der Waals surface area contributed by atoms with Crippen LogP contribution in [0, 0.1) is 0 Å². The highest BCUT2D eigenvalue weighted by Gasteiger charge is 1.96. The van der Waals surface area contributed by atoms with Gasteiger partial charge in [0.15, 0.2) is 0 Å². The van der Waals surface area contributed by atoms with E-state index in [1.165, 1.54) is 11.5 Å². The van der Waals surface area contributed by atoms with Crippen LogP contribution in [0.5, 0.6) is 0 Å². The van der Waals surface area contributed by atoms with Gasteiger partial charge in [0.2, 0.25) is 0 Å². The fourth-order valence-corrected chi connectivity index (χ4v) is 1.92. The standard InChI is InChI=1S/C5H6BrNOS/c1-2-7-5(8)3-4(6)9-7/h3H,2H2,1H3. The number of aromatic nitrogens is 1. The highest BCUT2D eigenvalue weighted by molar-refractivity contribution is 9.11. The molecule has 9 heavy (non-hydrogen) atoms. The molecule has 0 saturated carbocycles. The van der Waals surface area contributed by atoms with Crippen molar-refractivity contribution in [2.45, 2.75) is 13.5 Å². The predicted octanol–water partition coefficient (Wildman–Crippen LogP) is 1.69. The van der Waals surface area contributed by atoms with Gasteiger partial charge in [-0.3, -0.25) is 8.75 Å². The molecule has 0 aliphatic carbocycles. The Hall–Kier alpha value is -0.0900. The molecule has 0 aliphatic heterocycles. The molecule has 0 atom stereocenters. The second-order valence-corrected chi connectivity index (χ2v) is 4.02. The van der Waals surface area contributed by atoms with Crippen molar-refractivity contribution in [3.63, 3.8) is 0 Å². The van der Waals surface area contributed by atoms with Crippen molar-refractivity contribution in [3.8, 4) is 0 Å². The highest BCUT2D eigenvalue weighted by Crippen LogP contribution is 2.12. The third-order valence-corrected chi connectivity index (χ3v) is 2.58. The van der Waals surface area contributed by atoms with Crippen LogP contribution in [0.25, 0.3) is 0 Å². The quantitative estimate of drug-likeness (QED) is 0.688. The van der Waals surface area contributed by atoms with Crippen LogP contribution >= 0.6 is 27.5 Å². The molecule has 1 aromatic rings. The Labute approximate surface area is 65.4 Å². The van der Waals surface area contributed by atoms with Gasteiger partial charge in [-0.1, -0.05) is 0 Å². The summed E-state index contributed by atoms with van der Waals surface area (Å²) in [6.07, 6.45) is 0. The van der Waals surface area contributed by atoms with Gasteiger partial charge in [0, 0.05) is 12.6 Å². The first kappa shape index (κ1) is 7.02. The van der Waals surface area contributed by atoms with E-state index in [4.69, 9.17) is 0 Å². The Kier molecular flexibility index (Phi) is 2.08. The van der Waals surface area contributed by atoms with Crippen LogP contribution < -0.4 is 5.56 Å². The molecular weight excluding hydrogens is 202 g/mol. The predicted molar refractivity (Wildman–Crippen MR) is 42.0 cm³/mol. The molecule has 2 nitrogen and oxygen atoms in total. The summed E-state index contributed by atoms with van der Waals surface area (Å²) in [6.45, 7) is 2.71. The Balaban J connectivity index is 3.16. The van der Waals surface area contributed by atoms with Gasteiger partial charge in [-0.05, 0) is 34.4 Å². The van der Waals surface area contributed by atoms with Gasteiger partial charge < -0.3 is 0 Å². The van der Waals surface area contributed by atoms with Crippen molar-refractivity contribution in [1.29, 1.82) is 0 Å².